The van der Waals surface area contributed by atoms with Crippen LogP contribution in [0.25, 0.3) is 0 Å². The van der Waals surface area contributed by atoms with Crippen molar-refractivity contribution in [3.8, 4) is 0 Å². The Morgan fingerprint density at radius 3 is 2.75 bits per heavy atom. The van der Waals surface area contributed by atoms with Crippen molar-refractivity contribution in [1.29, 1.82) is 0 Å². The summed E-state index contributed by atoms with van der Waals surface area (Å²) in [6.45, 7) is 4.58. The van der Waals surface area contributed by atoms with E-state index < -0.39 is 0 Å². The van der Waals surface area contributed by atoms with E-state index in [1.54, 1.807) is 6.20 Å². The van der Waals surface area contributed by atoms with Gasteiger partial charge in [-0.05, 0) is 43.2 Å². The number of hydrogen-bond acceptors (Lipinski definition) is 5. The van der Waals surface area contributed by atoms with Gasteiger partial charge in [0.05, 0.1) is 0 Å². The Bertz CT molecular complexity index is 836. The van der Waals surface area contributed by atoms with Crippen LogP contribution in [0.2, 0.25) is 5.02 Å². The fourth-order valence-electron chi connectivity index (χ4n) is 2.26. The van der Waals surface area contributed by atoms with Crippen molar-refractivity contribution in [3.05, 3.63) is 70.6 Å². The molecule has 2 aromatic heterocycles. The van der Waals surface area contributed by atoms with Crippen LogP contribution in [-0.2, 0) is 6.54 Å². The van der Waals surface area contributed by atoms with Gasteiger partial charge in [0, 0.05) is 41.4 Å². The lowest BCUT2D eigenvalue weighted by atomic mass is 10.2. The summed E-state index contributed by atoms with van der Waals surface area (Å²) in [5.74, 6) is 1.29. The van der Waals surface area contributed by atoms with Crippen LogP contribution in [0.15, 0.2) is 48.8 Å². The Labute approximate surface area is 146 Å². The lowest BCUT2D eigenvalue weighted by Gasteiger charge is -2.12. The van der Waals surface area contributed by atoms with Crippen molar-refractivity contribution < 1.29 is 0 Å². The molecular formula is C18H18ClN5. The molecule has 2 heterocycles. The molecule has 0 amide bonds. The van der Waals surface area contributed by atoms with E-state index in [-0.39, 0.29) is 0 Å². The lowest BCUT2D eigenvalue weighted by Crippen LogP contribution is -2.06. The number of aromatic nitrogens is 3. The van der Waals surface area contributed by atoms with Crippen LogP contribution in [0.4, 0.5) is 17.5 Å². The predicted octanol–water partition coefficient (Wildman–Crippen LogP) is 4.50. The highest BCUT2D eigenvalue weighted by Crippen LogP contribution is 2.24. The van der Waals surface area contributed by atoms with Gasteiger partial charge in [-0.3, -0.25) is 4.98 Å². The monoisotopic (exact) mass is 339 g/mol. The van der Waals surface area contributed by atoms with Crippen molar-refractivity contribution in [1.82, 2.24) is 15.0 Å². The van der Waals surface area contributed by atoms with Crippen LogP contribution in [0.5, 0.6) is 0 Å². The number of aryl methyl sites for hydroxylation is 2. The first-order valence-electron chi connectivity index (χ1n) is 7.62. The van der Waals surface area contributed by atoms with Crippen molar-refractivity contribution in [2.45, 2.75) is 20.4 Å². The van der Waals surface area contributed by atoms with E-state index in [4.69, 9.17) is 11.6 Å². The van der Waals surface area contributed by atoms with Gasteiger partial charge in [-0.15, -0.1) is 0 Å². The highest BCUT2D eigenvalue weighted by atomic mass is 35.5. The maximum atomic E-state index is 6.07. The third-order valence-corrected chi connectivity index (χ3v) is 3.73. The van der Waals surface area contributed by atoms with E-state index in [2.05, 4.69) is 25.6 Å². The molecule has 0 bridgehead atoms. The molecule has 6 heteroatoms. The maximum absolute atomic E-state index is 6.07. The molecular weight excluding hydrogens is 322 g/mol. The number of hydrogen-bond donors (Lipinski definition) is 2. The SMILES string of the molecule is Cc1cc(Nc2cc(Cl)ccc2C)nc(NCc2cccnc2)n1. The van der Waals surface area contributed by atoms with Crippen LogP contribution in [-0.4, -0.2) is 15.0 Å². The number of pyridine rings is 1. The molecule has 0 aliphatic rings. The zero-order valence-corrected chi connectivity index (χ0v) is 14.3. The Balaban J connectivity index is 1.77. The normalized spacial score (nSPS) is 10.5. The summed E-state index contributed by atoms with van der Waals surface area (Å²) < 4.78 is 0. The van der Waals surface area contributed by atoms with Gasteiger partial charge in [-0.25, -0.2) is 4.98 Å². The number of rotatable bonds is 5. The summed E-state index contributed by atoms with van der Waals surface area (Å²) in [6.07, 6.45) is 3.57. The molecule has 0 saturated carbocycles. The smallest absolute Gasteiger partial charge is 0.225 e. The van der Waals surface area contributed by atoms with Gasteiger partial charge in [-0.1, -0.05) is 23.7 Å². The summed E-state index contributed by atoms with van der Waals surface area (Å²) in [7, 11) is 0. The molecule has 1 aromatic carbocycles. The molecule has 24 heavy (non-hydrogen) atoms. The standard InChI is InChI=1S/C18H18ClN5/c1-12-5-6-15(19)9-16(12)23-17-8-13(2)22-18(24-17)21-11-14-4-3-7-20-10-14/h3-10H,11H2,1-2H3,(H2,21,22,23,24). The first-order chi connectivity index (χ1) is 11.6. The number of halogens is 1. The van der Waals surface area contributed by atoms with Gasteiger partial charge >= 0.3 is 0 Å². The number of nitrogens with one attached hydrogen (secondary N) is 2. The van der Waals surface area contributed by atoms with E-state index in [0.717, 1.165) is 28.3 Å². The van der Waals surface area contributed by atoms with Gasteiger partial charge in [0.15, 0.2) is 0 Å². The molecule has 0 fully saturated rings. The average Bonchev–Trinajstić information content (AvgIpc) is 2.57. The summed E-state index contributed by atoms with van der Waals surface area (Å²) >= 11 is 6.07. The minimum Gasteiger partial charge on any atom is -0.350 e. The highest BCUT2D eigenvalue weighted by Gasteiger charge is 2.05. The minimum atomic E-state index is 0.570. The van der Waals surface area contributed by atoms with E-state index in [0.29, 0.717) is 17.5 Å². The van der Waals surface area contributed by atoms with Gasteiger partial charge < -0.3 is 10.6 Å². The predicted molar refractivity (Wildman–Crippen MR) is 97.8 cm³/mol. The Morgan fingerprint density at radius 2 is 1.96 bits per heavy atom. The third kappa shape index (κ3) is 4.20. The summed E-state index contributed by atoms with van der Waals surface area (Å²) in [5.41, 5.74) is 3.98. The van der Waals surface area contributed by atoms with Gasteiger partial charge in [0.1, 0.15) is 5.82 Å². The summed E-state index contributed by atoms with van der Waals surface area (Å²) in [4.78, 5) is 13.0. The Morgan fingerprint density at radius 1 is 1.08 bits per heavy atom. The van der Waals surface area contributed by atoms with Gasteiger partial charge in [0.25, 0.3) is 0 Å². The van der Waals surface area contributed by atoms with Crippen LogP contribution in [0, 0.1) is 13.8 Å². The van der Waals surface area contributed by atoms with Gasteiger partial charge in [-0.2, -0.15) is 4.98 Å². The lowest BCUT2D eigenvalue weighted by molar-refractivity contribution is 1.02. The Kier molecular flexibility index (Phi) is 4.91. The fourth-order valence-corrected chi connectivity index (χ4v) is 2.43. The summed E-state index contributed by atoms with van der Waals surface area (Å²) in [5, 5.41) is 7.21. The molecule has 122 valence electrons. The average molecular weight is 340 g/mol. The zero-order valence-electron chi connectivity index (χ0n) is 13.5. The van der Waals surface area contributed by atoms with E-state index in [1.165, 1.54) is 0 Å². The third-order valence-electron chi connectivity index (χ3n) is 3.49. The van der Waals surface area contributed by atoms with Crippen molar-refractivity contribution in [3.63, 3.8) is 0 Å². The van der Waals surface area contributed by atoms with E-state index in [1.807, 2.05) is 56.4 Å². The fraction of sp³-hybridized carbons (Fsp3) is 0.167. The molecule has 0 unspecified atom stereocenters. The molecule has 0 aliphatic carbocycles. The second-order valence-corrected chi connectivity index (χ2v) is 5.95. The second-order valence-electron chi connectivity index (χ2n) is 5.52. The second kappa shape index (κ2) is 7.27. The van der Waals surface area contributed by atoms with E-state index >= 15 is 0 Å². The van der Waals surface area contributed by atoms with Crippen LogP contribution < -0.4 is 10.6 Å². The largest absolute Gasteiger partial charge is 0.350 e. The first-order valence-corrected chi connectivity index (χ1v) is 7.99. The molecule has 0 saturated heterocycles. The molecule has 2 N–H and O–H groups in total. The van der Waals surface area contributed by atoms with Crippen molar-refractivity contribution in [2.24, 2.45) is 0 Å². The molecule has 0 spiro atoms. The molecule has 0 atom stereocenters. The molecule has 0 radical (unpaired) electrons. The van der Waals surface area contributed by atoms with Gasteiger partial charge in [0.2, 0.25) is 5.95 Å². The Hall–Kier alpha value is -2.66. The van der Waals surface area contributed by atoms with Crippen LogP contribution in [0.1, 0.15) is 16.8 Å². The highest BCUT2D eigenvalue weighted by molar-refractivity contribution is 6.30. The topological polar surface area (TPSA) is 62.7 Å². The zero-order chi connectivity index (χ0) is 16.9. The quantitative estimate of drug-likeness (QED) is 0.716. The molecule has 3 rings (SSSR count). The van der Waals surface area contributed by atoms with E-state index in [9.17, 15) is 0 Å². The van der Waals surface area contributed by atoms with Crippen LogP contribution in [0.3, 0.4) is 0 Å². The van der Waals surface area contributed by atoms with Crippen LogP contribution >= 0.6 is 11.6 Å². The minimum absolute atomic E-state index is 0.570. The number of nitrogens with zero attached hydrogens (tertiary/aromatic N) is 3. The van der Waals surface area contributed by atoms with Crippen molar-refractivity contribution >= 4 is 29.1 Å². The number of benzene rings is 1. The first kappa shape index (κ1) is 16.2. The molecule has 0 aliphatic heterocycles. The molecule has 5 nitrogen and oxygen atoms in total. The number of anilines is 3. The van der Waals surface area contributed by atoms with Crippen molar-refractivity contribution in [2.75, 3.05) is 10.6 Å². The maximum Gasteiger partial charge on any atom is 0.225 e. The molecule has 3 aromatic rings. The summed E-state index contributed by atoms with van der Waals surface area (Å²) in [6, 6.07) is 11.5.